The minimum Gasteiger partial charge on any atom is -0.354 e. The minimum absolute atomic E-state index is 0.0380. The fraction of sp³-hybridized carbons (Fsp3) is 0.833. The summed E-state index contributed by atoms with van der Waals surface area (Å²) in [5, 5.41) is 2.71. The van der Waals surface area contributed by atoms with Gasteiger partial charge in [-0.15, -0.1) is 0 Å². The molecule has 3 nitrogen and oxygen atoms in total. The van der Waals surface area contributed by atoms with Crippen LogP contribution in [-0.2, 0) is 9.59 Å². The number of rotatable bonds is 7. The molecule has 1 amide bonds. The summed E-state index contributed by atoms with van der Waals surface area (Å²) in [5.74, 6) is 0.524. The zero-order chi connectivity index (χ0) is 11.8. The molecule has 0 aliphatic rings. The highest BCUT2D eigenvalue weighted by Gasteiger charge is 2.10. The van der Waals surface area contributed by atoms with Crippen molar-refractivity contribution in [1.29, 1.82) is 0 Å². The Bertz CT molecular complexity index is 210. The van der Waals surface area contributed by atoms with Crippen molar-refractivity contribution < 1.29 is 9.59 Å². The van der Waals surface area contributed by atoms with Crippen molar-refractivity contribution in [2.24, 2.45) is 5.92 Å². The van der Waals surface area contributed by atoms with Crippen LogP contribution in [0.25, 0.3) is 0 Å². The van der Waals surface area contributed by atoms with E-state index >= 15 is 0 Å². The highest BCUT2D eigenvalue weighted by Crippen LogP contribution is 2.07. The molecule has 1 N–H and O–H groups in total. The van der Waals surface area contributed by atoms with Gasteiger partial charge in [-0.25, -0.2) is 0 Å². The van der Waals surface area contributed by atoms with E-state index in [0.717, 1.165) is 12.8 Å². The fourth-order valence-electron chi connectivity index (χ4n) is 1.35. The number of amides is 1. The van der Waals surface area contributed by atoms with Gasteiger partial charge in [-0.05, 0) is 26.2 Å². The zero-order valence-corrected chi connectivity index (χ0v) is 10.3. The lowest BCUT2D eigenvalue weighted by Crippen LogP contribution is -2.31. The Balaban J connectivity index is 3.60. The molecule has 3 heteroatoms. The Labute approximate surface area is 92.6 Å². The molecule has 15 heavy (non-hydrogen) atoms. The Morgan fingerprint density at radius 2 is 1.73 bits per heavy atom. The Hall–Kier alpha value is -0.860. The van der Waals surface area contributed by atoms with E-state index in [2.05, 4.69) is 19.2 Å². The monoisotopic (exact) mass is 213 g/mol. The van der Waals surface area contributed by atoms with E-state index in [4.69, 9.17) is 0 Å². The summed E-state index contributed by atoms with van der Waals surface area (Å²) in [4.78, 5) is 22.6. The molecule has 0 saturated heterocycles. The molecule has 0 atom stereocenters. The first kappa shape index (κ1) is 14.1. The molecule has 0 aromatic heterocycles. The van der Waals surface area contributed by atoms with Crippen LogP contribution >= 0.6 is 0 Å². The van der Waals surface area contributed by atoms with Gasteiger partial charge in [0.1, 0.15) is 5.78 Å². The smallest absolute Gasteiger partial charge is 0.227 e. The van der Waals surface area contributed by atoms with Crippen LogP contribution < -0.4 is 5.32 Å². The third-order valence-electron chi connectivity index (χ3n) is 2.04. The first-order valence-corrected chi connectivity index (χ1v) is 5.73. The molecule has 0 aliphatic heterocycles. The second kappa shape index (κ2) is 7.43. The summed E-state index contributed by atoms with van der Waals surface area (Å²) in [5.41, 5.74) is 0. The molecule has 0 aliphatic carbocycles. The number of hydrogen-bond acceptors (Lipinski definition) is 2. The summed E-state index contributed by atoms with van der Waals surface area (Å²) >= 11 is 0. The van der Waals surface area contributed by atoms with Crippen molar-refractivity contribution in [3.63, 3.8) is 0 Å². The Morgan fingerprint density at radius 3 is 2.20 bits per heavy atom. The van der Waals surface area contributed by atoms with Gasteiger partial charge in [0, 0.05) is 12.5 Å². The molecule has 0 saturated carbocycles. The van der Waals surface area contributed by atoms with Gasteiger partial charge in [-0.3, -0.25) is 9.59 Å². The summed E-state index contributed by atoms with van der Waals surface area (Å²) in [6.07, 6.45) is 2.52. The lowest BCUT2D eigenvalue weighted by Gasteiger charge is -2.07. The van der Waals surface area contributed by atoms with Crippen molar-refractivity contribution in [3.8, 4) is 0 Å². The second-order valence-electron chi connectivity index (χ2n) is 4.72. The van der Waals surface area contributed by atoms with Gasteiger partial charge in [0.25, 0.3) is 0 Å². The molecule has 0 heterocycles. The number of carbonyl (C=O) groups is 2. The van der Waals surface area contributed by atoms with Gasteiger partial charge < -0.3 is 5.32 Å². The van der Waals surface area contributed by atoms with E-state index in [1.165, 1.54) is 0 Å². The molecule has 0 rings (SSSR count). The van der Waals surface area contributed by atoms with Gasteiger partial charge in [0.05, 0.1) is 6.42 Å². The van der Waals surface area contributed by atoms with E-state index in [1.807, 2.05) is 13.8 Å². The quantitative estimate of drug-likeness (QED) is 0.659. The maximum absolute atomic E-state index is 11.4. The normalized spacial score (nSPS) is 10.8. The molecule has 0 aromatic carbocycles. The van der Waals surface area contributed by atoms with Crippen molar-refractivity contribution >= 4 is 11.7 Å². The molecule has 0 unspecified atom stereocenters. The van der Waals surface area contributed by atoms with E-state index < -0.39 is 0 Å². The topological polar surface area (TPSA) is 46.2 Å². The highest BCUT2D eigenvalue weighted by molar-refractivity contribution is 5.98. The van der Waals surface area contributed by atoms with Gasteiger partial charge in [0.2, 0.25) is 5.91 Å². The first-order valence-electron chi connectivity index (χ1n) is 5.73. The molecule has 0 fully saturated rings. The minimum atomic E-state index is -0.153. The molecule has 0 aromatic rings. The molecule has 0 radical (unpaired) electrons. The number of carbonyl (C=O) groups excluding carboxylic acids is 2. The summed E-state index contributed by atoms with van der Waals surface area (Å²) in [6, 6.07) is 0.112. The van der Waals surface area contributed by atoms with Crippen LogP contribution in [0.4, 0.5) is 0 Å². The predicted molar refractivity (Wildman–Crippen MR) is 61.6 cm³/mol. The van der Waals surface area contributed by atoms with Gasteiger partial charge in [-0.1, -0.05) is 20.3 Å². The molecule has 0 bridgehead atoms. The van der Waals surface area contributed by atoms with Crippen LogP contribution in [0.3, 0.4) is 0 Å². The van der Waals surface area contributed by atoms with E-state index in [9.17, 15) is 9.59 Å². The highest BCUT2D eigenvalue weighted by atomic mass is 16.2. The van der Waals surface area contributed by atoms with E-state index in [1.54, 1.807) is 0 Å². The zero-order valence-electron chi connectivity index (χ0n) is 10.3. The summed E-state index contributed by atoms with van der Waals surface area (Å²) < 4.78 is 0. The van der Waals surface area contributed by atoms with Gasteiger partial charge in [-0.2, -0.15) is 0 Å². The number of Topliss-reactive ketones (excluding diaryl/α,β-unsaturated/α-hetero) is 1. The second-order valence-corrected chi connectivity index (χ2v) is 4.72. The lowest BCUT2D eigenvalue weighted by atomic mass is 10.0. The maximum atomic E-state index is 11.4. The SMILES string of the molecule is CC(C)CCCC(=O)CC(=O)NC(C)C. The summed E-state index contributed by atoms with van der Waals surface area (Å²) in [7, 11) is 0. The third kappa shape index (κ3) is 9.44. The molecular weight excluding hydrogens is 190 g/mol. The third-order valence-corrected chi connectivity index (χ3v) is 2.04. The van der Waals surface area contributed by atoms with E-state index in [-0.39, 0.29) is 24.2 Å². The number of ketones is 1. The van der Waals surface area contributed by atoms with Crippen LogP contribution in [-0.4, -0.2) is 17.7 Å². The maximum Gasteiger partial charge on any atom is 0.227 e. The summed E-state index contributed by atoms with van der Waals surface area (Å²) in [6.45, 7) is 8.05. The number of hydrogen-bond donors (Lipinski definition) is 1. The fourth-order valence-corrected chi connectivity index (χ4v) is 1.35. The average molecular weight is 213 g/mol. The van der Waals surface area contributed by atoms with Crippen molar-refractivity contribution in [1.82, 2.24) is 5.32 Å². The van der Waals surface area contributed by atoms with Crippen LogP contribution in [0.2, 0.25) is 0 Å². The first-order chi connectivity index (χ1) is 6.91. The molecular formula is C12H23NO2. The largest absolute Gasteiger partial charge is 0.354 e. The van der Waals surface area contributed by atoms with Crippen LogP contribution in [0.15, 0.2) is 0 Å². The standard InChI is InChI=1S/C12H23NO2/c1-9(2)6-5-7-11(14)8-12(15)13-10(3)4/h9-10H,5-8H2,1-4H3,(H,13,15). The predicted octanol–water partition coefficient (Wildman–Crippen LogP) is 2.30. The Kier molecular flexibility index (Phi) is 7.01. The van der Waals surface area contributed by atoms with Crippen LogP contribution in [0.1, 0.15) is 53.4 Å². The van der Waals surface area contributed by atoms with Crippen molar-refractivity contribution in [2.45, 2.75) is 59.4 Å². The van der Waals surface area contributed by atoms with Crippen molar-refractivity contribution in [3.05, 3.63) is 0 Å². The molecule has 88 valence electrons. The average Bonchev–Trinajstić information content (AvgIpc) is 2.00. The number of nitrogens with one attached hydrogen (secondary N) is 1. The van der Waals surface area contributed by atoms with Crippen LogP contribution in [0, 0.1) is 5.92 Å². The lowest BCUT2D eigenvalue weighted by molar-refractivity contribution is -0.128. The molecule has 0 spiro atoms. The Morgan fingerprint density at radius 1 is 1.13 bits per heavy atom. The van der Waals surface area contributed by atoms with Gasteiger partial charge in [0.15, 0.2) is 0 Å². The van der Waals surface area contributed by atoms with Gasteiger partial charge >= 0.3 is 0 Å². The van der Waals surface area contributed by atoms with Crippen LogP contribution in [0.5, 0.6) is 0 Å². The van der Waals surface area contributed by atoms with Crippen molar-refractivity contribution in [2.75, 3.05) is 0 Å². The van der Waals surface area contributed by atoms with E-state index in [0.29, 0.717) is 12.3 Å².